The van der Waals surface area contributed by atoms with Gasteiger partial charge in [0.1, 0.15) is 5.69 Å². The molecule has 2 rings (SSSR count). The Balaban J connectivity index is 2.18. The zero-order valence-electron chi connectivity index (χ0n) is 11.0. The van der Waals surface area contributed by atoms with E-state index in [9.17, 15) is 8.78 Å². The van der Waals surface area contributed by atoms with Gasteiger partial charge in [-0.2, -0.15) is 0 Å². The lowest BCUT2D eigenvalue weighted by molar-refractivity contribution is 0.151. The number of pyridine rings is 1. The lowest BCUT2D eigenvalue weighted by Crippen LogP contribution is -2.05. The van der Waals surface area contributed by atoms with Crippen molar-refractivity contribution in [2.24, 2.45) is 0 Å². The van der Waals surface area contributed by atoms with Crippen molar-refractivity contribution in [3.8, 4) is 11.4 Å². The Bertz CT molecular complexity index is 546. The third-order valence-corrected chi connectivity index (χ3v) is 3.40. The largest absolute Gasteiger partial charge is 0.265 e. The SMILES string of the molecule is CS(C)(C)Cn1cc(-c2ccc(C(F)F)cn2)nn1. The van der Waals surface area contributed by atoms with Crippen LogP contribution in [0.5, 0.6) is 0 Å². The number of aromatic nitrogens is 4. The van der Waals surface area contributed by atoms with E-state index in [0.717, 1.165) is 5.88 Å². The van der Waals surface area contributed by atoms with Crippen molar-refractivity contribution in [1.29, 1.82) is 0 Å². The summed E-state index contributed by atoms with van der Waals surface area (Å²) in [6, 6.07) is 2.90. The highest BCUT2D eigenvalue weighted by atomic mass is 32.3. The number of rotatable bonds is 4. The van der Waals surface area contributed by atoms with Gasteiger partial charge in [-0.25, -0.2) is 23.5 Å². The van der Waals surface area contributed by atoms with Crippen molar-refractivity contribution < 1.29 is 8.78 Å². The number of nitrogens with zero attached hydrogens (tertiary/aromatic N) is 4. The molecule has 7 heteroatoms. The van der Waals surface area contributed by atoms with Crippen molar-refractivity contribution in [2.45, 2.75) is 12.3 Å². The molecule has 0 aliphatic carbocycles. The van der Waals surface area contributed by atoms with E-state index in [1.54, 1.807) is 16.9 Å². The first-order chi connectivity index (χ1) is 8.85. The third kappa shape index (κ3) is 3.73. The van der Waals surface area contributed by atoms with Crippen LogP contribution in [0.25, 0.3) is 11.4 Å². The Kier molecular flexibility index (Phi) is 3.84. The second kappa shape index (κ2) is 5.24. The second-order valence-electron chi connectivity index (χ2n) is 5.14. The first-order valence-corrected chi connectivity index (χ1v) is 8.68. The standard InChI is InChI=1S/C12H16F2N4S/c1-19(2,3)8-18-7-11(16-17-18)10-5-4-9(6-15-10)12(13)14/h4-7,12H,8H2,1-3H3. The van der Waals surface area contributed by atoms with Gasteiger partial charge in [-0.05, 0) is 30.9 Å². The number of halogens is 2. The molecule has 2 aromatic rings. The first-order valence-electron chi connectivity index (χ1n) is 5.66. The van der Waals surface area contributed by atoms with Gasteiger partial charge in [0.15, 0.2) is 0 Å². The van der Waals surface area contributed by atoms with Crippen LogP contribution in [0.4, 0.5) is 8.78 Å². The quantitative estimate of drug-likeness (QED) is 0.868. The average molecular weight is 286 g/mol. The molecule has 0 radical (unpaired) electrons. The maximum atomic E-state index is 12.4. The minimum absolute atomic E-state index is 0.0877. The molecule has 0 spiro atoms. The molecule has 19 heavy (non-hydrogen) atoms. The summed E-state index contributed by atoms with van der Waals surface area (Å²) in [6.45, 7) is 0. The van der Waals surface area contributed by atoms with E-state index >= 15 is 0 Å². The lowest BCUT2D eigenvalue weighted by atomic mass is 10.2. The van der Waals surface area contributed by atoms with Gasteiger partial charge in [-0.1, -0.05) is 5.21 Å². The second-order valence-corrected chi connectivity index (χ2v) is 9.58. The Labute approximate surface area is 112 Å². The van der Waals surface area contributed by atoms with Gasteiger partial charge < -0.3 is 0 Å². The molecule has 0 amide bonds. The van der Waals surface area contributed by atoms with E-state index in [4.69, 9.17) is 0 Å². The Morgan fingerprint density at radius 1 is 1.21 bits per heavy atom. The molecule has 0 fully saturated rings. The van der Waals surface area contributed by atoms with Gasteiger partial charge in [-0.3, -0.25) is 4.98 Å². The number of alkyl halides is 2. The third-order valence-electron chi connectivity index (χ3n) is 2.36. The molecule has 0 unspecified atom stereocenters. The van der Waals surface area contributed by atoms with Crippen molar-refractivity contribution in [1.82, 2.24) is 20.0 Å². The Morgan fingerprint density at radius 3 is 2.47 bits per heavy atom. The molecular weight excluding hydrogens is 270 g/mol. The van der Waals surface area contributed by atoms with Crippen molar-refractivity contribution >= 4 is 10.0 Å². The van der Waals surface area contributed by atoms with Gasteiger partial charge in [0.2, 0.25) is 0 Å². The van der Waals surface area contributed by atoms with Crippen molar-refractivity contribution in [2.75, 3.05) is 18.8 Å². The molecule has 0 N–H and O–H groups in total. The minimum atomic E-state index is -2.50. The summed E-state index contributed by atoms with van der Waals surface area (Å²) in [5.41, 5.74) is 1.07. The van der Waals surface area contributed by atoms with E-state index in [1.165, 1.54) is 12.3 Å². The molecule has 0 atom stereocenters. The van der Waals surface area contributed by atoms with Crippen LogP contribution < -0.4 is 0 Å². The van der Waals surface area contributed by atoms with Gasteiger partial charge in [0.05, 0.1) is 17.8 Å². The molecule has 0 bridgehead atoms. The zero-order chi connectivity index (χ0) is 14.0. The molecule has 0 aliphatic heterocycles. The van der Waals surface area contributed by atoms with Crippen LogP contribution in [0, 0.1) is 0 Å². The fourth-order valence-corrected chi connectivity index (χ4v) is 2.48. The van der Waals surface area contributed by atoms with Crippen molar-refractivity contribution in [3.63, 3.8) is 0 Å². The van der Waals surface area contributed by atoms with E-state index in [0.29, 0.717) is 11.4 Å². The highest BCUT2D eigenvalue weighted by Gasteiger charge is 2.11. The minimum Gasteiger partial charge on any atom is -0.254 e. The molecule has 2 heterocycles. The summed E-state index contributed by atoms with van der Waals surface area (Å²) in [5, 5.41) is 8.06. The highest BCUT2D eigenvalue weighted by molar-refractivity contribution is 8.31. The summed E-state index contributed by atoms with van der Waals surface area (Å²) in [6.07, 6.45) is 7.02. The van der Waals surface area contributed by atoms with Gasteiger partial charge in [0.25, 0.3) is 6.43 Å². The average Bonchev–Trinajstić information content (AvgIpc) is 2.75. The molecule has 4 nitrogen and oxygen atoms in total. The van der Waals surface area contributed by atoms with E-state index in [1.807, 2.05) is 0 Å². The van der Waals surface area contributed by atoms with Gasteiger partial charge in [0, 0.05) is 11.8 Å². The van der Waals surface area contributed by atoms with Crippen LogP contribution in [-0.2, 0) is 5.88 Å². The van der Waals surface area contributed by atoms with Crippen LogP contribution in [0.15, 0.2) is 24.5 Å². The van der Waals surface area contributed by atoms with Gasteiger partial charge >= 0.3 is 0 Å². The van der Waals surface area contributed by atoms with Crippen LogP contribution >= 0.6 is 10.0 Å². The topological polar surface area (TPSA) is 43.6 Å². The van der Waals surface area contributed by atoms with Crippen LogP contribution in [0.1, 0.15) is 12.0 Å². The molecule has 0 aromatic carbocycles. The van der Waals surface area contributed by atoms with Crippen LogP contribution in [0.3, 0.4) is 0 Å². The Hall–Kier alpha value is -1.50. The van der Waals surface area contributed by atoms with Crippen LogP contribution in [-0.4, -0.2) is 38.7 Å². The monoisotopic (exact) mass is 286 g/mol. The lowest BCUT2D eigenvalue weighted by Gasteiger charge is -2.24. The molecule has 2 aromatic heterocycles. The predicted octanol–water partition coefficient (Wildman–Crippen LogP) is 2.93. The van der Waals surface area contributed by atoms with E-state index in [-0.39, 0.29) is 5.56 Å². The van der Waals surface area contributed by atoms with Gasteiger partial charge in [-0.15, -0.1) is 5.10 Å². The molecular formula is C12H16F2N4S. The smallest absolute Gasteiger partial charge is 0.254 e. The normalized spacial score (nSPS) is 12.9. The van der Waals surface area contributed by atoms with E-state index in [2.05, 4.69) is 34.1 Å². The highest BCUT2D eigenvalue weighted by Crippen LogP contribution is 2.36. The number of hydrogen-bond donors (Lipinski definition) is 0. The van der Waals surface area contributed by atoms with Crippen molar-refractivity contribution in [3.05, 3.63) is 30.1 Å². The first kappa shape index (κ1) is 13.9. The zero-order valence-corrected chi connectivity index (χ0v) is 11.9. The molecule has 104 valence electrons. The summed E-state index contributed by atoms with van der Waals surface area (Å²) < 4.78 is 26.6. The fourth-order valence-electron chi connectivity index (χ4n) is 1.56. The maximum absolute atomic E-state index is 12.4. The van der Waals surface area contributed by atoms with Crippen LogP contribution in [0.2, 0.25) is 0 Å². The molecule has 0 saturated heterocycles. The number of hydrogen-bond acceptors (Lipinski definition) is 3. The molecule has 0 aliphatic rings. The Morgan fingerprint density at radius 2 is 1.95 bits per heavy atom. The summed E-state index contributed by atoms with van der Waals surface area (Å²) in [4.78, 5) is 3.99. The van der Waals surface area contributed by atoms with E-state index < -0.39 is 16.5 Å². The fraction of sp³-hybridized carbons (Fsp3) is 0.417. The predicted molar refractivity (Wildman–Crippen MR) is 73.6 cm³/mol. The summed E-state index contributed by atoms with van der Waals surface area (Å²) >= 11 is 0. The summed E-state index contributed by atoms with van der Waals surface area (Å²) in [5.74, 6) is 0.815. The maximum Gasteiger partial charge on any atom is 0.265 e. The molecule has 0 saturated carbocycles. The summed E-state index contributed by atoms with van der Waals surface area (Å²) in [7, 11) is -0.723.